The number of fused-ring (bicyclic) bond motifs is 1. The van der Waals surface area contributed by atoms with Crippen LogP contribution in [0, 0.1) is 0 Å². The summed E-state index contributed by atoms with van der Waals surface area (Å²) in [5.41, 5.74) is 1.28. The van der Waals surface area contributed by atoms with Gasteiger partial charge in [-0.1, -0.05) is 29.8 Å². The fraction of sp³-hybridized carbons (Fsp3) is 0.130. The van der Waals surface area contributed by atoms with Gasteiger partial charge in [-0.05, 0) is 54.6 Å². The molecule has 0 bridgehead atoms. The van der Waals surface area contributed by atoms with Gasteiger partial charge in [0, 0.05) is 23.3 Å². The number of anilines is 3. The van der Waals surface area contributed by atoms with Crippen molar-refractivity contribution in [3.8, 4) is 5.75 Å². The first-order valence-corrected chi connectivity index (χ1v) is 11.8. The quantitative estimate of drug-likeness (QED) is 0.570. The number of benzene rings is 3. The van der Waals surface area contributed by atoms with E-state index >= 15 is 0 Å². The SMILES string of the molecule is CC(=O)Nc1cccc(NC(=O)[C@H]2CN(S(=O)(=O)c3ccc(Cl)cc3)c3ccccc3O2)c1. The summed E-state index contributed by atoms with van der Waals surface area (Å²) in [5.74, 6) is -0.497. The summed E-state index contributed by atoms with van der Waals surface area (Å²) >= 11 is 5.90. The monoisotopic (exact) mass is 485 g/mol. The normalized spacial score (nSPS) is 15.2. The molecule has 0 saturated carbocycles. The zero-order chi connectivity index (χ0) is 23.6. The number of ether oxygens (including phenoxy) is 1. The van der Waals surface area contributed by atoms with Gasteiger partial charge in [0.15, 0.2) is 6.10 Å². The molecule has 0 fully saturated rings. The van der Waals surface area contributed by atoms with Crippen molar-refractivity contribution in [1.82, 2.24) is 0 Å². The van der Waals surface area contributed by atoms with Crippen molar-refractivity contribution in [2.24, 2.45) is 0 Å². The van der Waals surface area contributed by atoms with E-state index in [-0.39, 0.29) is 23.1 Å². The van der Waals surface area contributed by atoms with Gasteiger partial charge >= 0.3 is 0 Å². The minimum Gasteiger partial charge on any atom is -0.476 e. The molecule has 1 aliphatic rings. The molecule has 0 radical (unpaired) electrons. The molecule has 1 heterocycles. The third-order valence-electron chi connectivity index (χ3n) is 4.88. The Labute approximate surface area is 196 Å². The van der Waals surface area contributed by atoms with Crippen LogP contribution in [0.1, 0.15) is 6.92 Å². The molecule has 2 amide bonds. The van der Waals surface area contributed by atoms with Gasteiger partial charge in [0.2, 0.25) is 5.91 Å². The lowest BCUT2D eigenvalue weighted by molar-refractivity contribution is -0.122. The van der Waals surface area contributed by atoms with E-state index in [1.54, 1.807) is 48.5 Å². The zero-order valence-corrected chi connectivity index (χ0v) is 19.1. The van der Waals surface area contributed by atoms with E-state index in [0.717, 1.165) is 4.31 Å². The minimum absolute atomic E-state index is 0.0470. The van der Waals surface area contributed by atoms with Crippen LogP contribution in [-0.2, 0) is 19.6 Å². The van der Waals surface area contributed by atoms with Crippen molar-refractivity contribution in [3.05, 3.63) is 77.8 Å². The molecule has 3 aromatic rings. The molecular weight excluding hydrogens is 466 g/mol. The van der Waals surface area contributed by atoms with Gasteiger partial charge in [-0.2, -0.15) is 0 Å². The van der Waals surface area contributed by atoms with Crippen LogP contribution < -0.4 is 19.7 Å². The van der Waals surface area contributed by atoms with Crippen LogP contribution in [0.3, 0.4) is 0 Å². The first kappa shape index (κ1) is 22.6. The third kappa shape index (κ3) is 4.94. The molecule has 3 aromatic carbocycles. The molecule has 0 spiro atoms. The summed E-state index contributed by atoms with van der Waals surface area (Å²) in [5, 5.41) is 5.77. The lowest BCUT2D eigenvalue weighted by Crippen LogP contribution is -2.48. The van der Waals surface area contributed by atoms with Crippen LogP contribution in [0.25, 0.3) is 0 Å². The van der Waals surface area contributed by atoms with Crippen LogP contribution >= 0.6 is 11.6 Å². The zero-order valence-electron chi connectivity index (χ0n) is 17.5. The van der Waals surface area contributed by atoms with Crippen molar-refractivity contribution in [2.75, 3.05) is 21.5 Å². The highest BCUT2D eigenvalue weighted by atomic mass is 35.5. The maximum atomic E-state index is 13.4. The Morgan fingerprint density at radius 1 is 0.970 bits per heavy atom. The smallest absolute Gasteiger partial charge is 0.267 e. The summed E-state index contributed by atoms with van der Waals surface area (Å²) in [7, 11) is -3.98. The van der Waals surface area contributed by atoms with E-state index < -0.39 is 22.0 Å². The molecule has 0 unspecified atom stereocenters. The number of sulfonamides is 1. The average Bonchev–Trinajstić information content (AvgIpc) is 2.78. The van der Waals surface area contributed by atoms with Gasteiger partial charge in [0.25, 0.3) is 15.9 Å². The highest BCUT2D eigenvalue weighted by molar-refractivity contribution is 7.92. The van der Waals surface area contributed by atoms with Crippen LogP contribution in [0.2, 0.25) is 5.02 Å². The maximum absolute atomic E-state index is 13.4. The van der Waals surface area contributed by atoms with Crippen LogP contribution in [0.4, 0.5) is 17.1 Å². The lowest BCUT2D eigenvalue weighted by Gasteiger charge is -2.34. The number of amides is 2. The maximum Gasteiger partial charge on any atom is 0.267 e. The second kappa shape index (κ2) is 9.13. The molecule has 1 atom stereocenters. The van der Waals surface area contributed by atoms with Gasteiger partial charge in [-0.3, -0.25) is 13.9 Å². The molecule has 1 aliphatic heterocycles. The molecule has 4 rings (SSSR count). The Bertz CT molecular complexity index is 1310. The second-order valence-corrected chi connectivity index (χ2v) is 9.61. The number of nitrogens with zero attached hydrogens (tertiary/aromatic N) is 1. The Balaban J connectivity index is 1.62. The third-order valence-corrected chi connectivity index (χ3v) is 6.93. The Kier molecular flexibility index (Phi) is 6.26. The fourth-order valence-electron chi connectivity index (χ4n) is 3.40. The number of carbonyl (C=O) groups excluding carboxylic acids is 2. The van der Waals surface area contributed by atoms with Gasteiger partial charge < -0.3 is 15.4 Å². The van der Waals surface area contributed by atoms with Crippen molar-refractivity contribution in [1.29, 1.82) is 0 Å². The molecule has 0 saturated heterocycles. The predicted octanol–water partition coefficient (Wildman–Crippen LogP) is 3.89. The minimum atomic E-state index is -3.98. The number of carbonyl (C=O) groups is 2. The second-order valence-electron chi connectivity index (χ2n) is 7.32. The van der Waals surface area contributed by atoms with Gasteiger partial charge in [0.05, 0.1) is 17.1 Å². The largest absolute Gasteiger partial charge is 0.476 e. The van der Waals surface area contributed by atoms with Crippen LogP contribution in [-0.4, -0.2) is 32.9 Å². The van der Waals surface area contributed by atoms with E-state index in [1.165, 1.54) is 31.2 Å². The van der Waals surface area contributed by atoms with E-state index in [0.29, 0.717) is 22.1 Å². The van der Waals surface area contributed by atoms with Crippen molar-refractivity contribution in [2.45, 2.75) is 17.9 Å². The molecule has 33 heavy (non-hydrogen) atoms. The number of hydrogen-bond donors (Lipinski definition) is 2. The van der Waals surface area contributed by atoms with E-state index in [4.69, 9.17) is 16.3 Å². The molecule has 8 nitrogen and oxygen atoms in total. The summed E-state index contributed by atoms with van der Waals surface area (Å²) in [6, 6.07) is 19.0. The average molecular weight is 486 g/mol. The Morgan fingerprint density at radius 3 is 2.33 bits per heavy atom. The molecule has 0 aromatic heterocycles. The number of halogens is 1. The topological polar surface area (TPSA) is 105 Å². The molecule has 0 aliphatic carbocycles. The van der Waals surface area contributed by atoms with Crippen molar-refractivity contribution in [3.63, 3.8) is 0 Å². The van der Waals surface area contributed by atoms with E-state index in [9.17, 15) is 18.0 Å². The predicted molar refractivity (Wildman–Crippen MR) is 126 cm³/mol. The van der Waals surface area contributed by atoms with E-state index in [2.05, 4.69) is 10.6 Å². The Hall–Kier alpha value is -3.56. The first-order valence-electron chi connectivity index (χ1n) is 9.96. The van der Waals surface area contributed by atoms with Crippen molar-refractivity contribution >= 4 is 50.5 Å². The van der Waals surface area contributed by atoms with Crippen LogP contribution in [0.5, 0.6) is 5.75 Å². The molecule has 170 valence electrons. The van der Waals surface area contributed by atoms with Crippen LogP contribution in [0.15, 0.2) is 77.7 Å². The number of rotatable bonds is 5. The molecule has 2 N–H and O–H groups in total. The summed E-state index contributed by atoms with van der Waals surface area (Å²) in [6.07, 6.45) is -1.11. The fourth-order valence-corrected chi connectivity index (χ4v) is 5.00. The van der Waals surface area contributed by atoms with E-state index in [1.807, 2.05) is 0 Å². The summed E-state index contributed by atoms with van der Waals surface area (Å²) in [4.78, 5) is 24.3. The Morgan fingerprint density at radius 2 is 1.64 bits per heavy atom. The standard InChI is InChI=1S/C23H20ClN3O5S/c1-15(28)25-17-5-4-6-18(13-17)26-23(29)22-14-27(20-7-2-3-8-21(20)32-22)33(30,31)19-11-9-16(24)10-12-19/h2-13,22H,14H2,1H3,(H,25,28)(H,26,29)/t22-/m1/s1. The molecular formula is C23H20ClN3O5S. The number of nitrogens with one attached hydrogen (secondary N) is 2. The highest BCUT2D eigenvalue weighted by Gasteiger charge is 2.37. The van der Waals surface area contributed by atoms with Gasteiger partial charge in [-0.15, -0.1) is 0 Å². The lowest BCUT2D eigenvalue weighted by atomic mass is 10.2. The number of para-hydroxylation sites is 2. The number of hydrogen-bond acceptors (Lipinski definition) is 5. The van der Waals surface area contributed by atoms with Crippen molar-refractivity contribution < 1.29 is 22.7 Å². The summed E-state index contributed by atoms with van der Waals surface area (Å²) < 4.78 is 33.8. The molecule has 10 heteroatoms. The van der Waals surface area contributed by atoms with Gasteiger partial charge in [-0.25, -0.2) is 8.42 Å². The summed E-state index contributed by atoms with van der Waals surface area (Å²) in [6.45, 7) is 1.16. The first-order chi connectivity index (χ1) is 15.7. The highest BCUT2D eigenvalue weighted by Crippen LogP contribution is 2.37. The van der Waals surface area contributed by atoms with Gasteiger partial charge in [0.1, 0.15) is 5.75 Å².